The second kappa shape index (κ2) is 9.09. The van der Waals surface area contributed by atoms with Gasteiger partial charge in [0.25, 0.3) is 5.91 Å². The maximum atomic E-state index is 13.4. The second-order valence-electron chi connectivity index (χ2n) is 6.83. The Morgan fingerprint density at radius 1 is 1.10 bits per heavy atom. The van der Waals surface area contributed by atoms with E-state index in [1.807, 2.05) is 6.92 Å². The van der Waals surface area contributed by atoms with Crippen molar-refractivity contribution < 1.29 is 14.0 Å². The van der Waals surface area contributed by atoms with E-state index in [9.17, 15) is 14.0 Å². The first-order valence-corrected chi connectivity index (χ1v) is 10.9. The van der Waals surface area contributed by atoms with Gasteiger partial charge in [0.05, 0.1) is 32.2 Å². The van der Waals surface area contributed by atoms with Crippen LogP contribution in [0.25, 0.3) is 0 Å². The number of benzene rings is 2. The number of hydrogen-bond donors (Lipinski definition) is 2. The predicted octanol–water partition coefficient (Wildman–Crippen LogP) is 6.45. The number of rotatable bonds is 6. The average molecular weight is 513 g/mol. The first-order chi connectivity index (χ1) is 14.1. The van der Waals surface area contributed by atoms with E-state index in [2.05, 4.69) is 10.6 Å². The van der Waals surface area contributed by atoms with Crippen molar-refractivity contribution in [2.75, 3.05) is 11.9 Å². The fourth-order valence-corrected chi connectivity index (χ4v) is 4.77. The van der Waals surface area contributed by atoms with Crippen LogP contribution in [0.1, 0.15) is 35.2 Å². The molecule has 1 aliphatic carbocycles. The number of halogens is 6. The molecule has 2 aromatic rings. The summed E-state index contributed by atoms with van der Waals surface area (Å²) in [6.07, 6.45) is 0.738. The van der Waals surface area contributed by atoms with E-state index in [4.69, 9.17) is 58.0 Å². The summed E-state index contributed by atoms with van der Waals surface area (Å²) in [5, 5.41) is 5.40. The van der Waals surface area contributed by atoms with Crippen LogP contribution in [0.3, 0.4) is 0 Å². The Kier molecular flexibility index (Phi) is 7.10. The van der Waals surface area contributed by atoms with Gasteiger partial charge in [0.1, 0.15) is 10.2 Å². The van der Waals surface area contributed by atoms with Gasteiger partial charge in [-0.15, -0.1) is 23.2 Å². The van der Waals surface area contributed by atoms with E-state index in [-0.39, 0.29) is 26.3 Å². The zero-order valence-corrected chi connectivity index (χ0v) is 19.3. The van der Waals surface area contributed by atoms with Crippen LogP contribution in [0.5, 0.6) is 0 Å². The molecule has 2 atom stereocenters. The van der Waals surface area contributed by atoms with E-state index >= 15 is 0 Å². The first-order valence-electron chi connectivity index (χ1n) is 8.99. The van der Waals surface area contributed by atoms with Crippen molar-refractivity contribution in [3.8, 4) is 0 Å². The van der Waals surface area contributed by atoms with E-state index in [0.29, 0.717) is 12.1 Å². The Bertz CT molecular complexity index is 1010. The van der Waals surface area contributed by atoms with Gasteiger partial charge in [0.15, 0.2) is 0 Å². The number of amides is 2. The van der Waals surface area contributed by atoms with Gasteiger partial charge in [-0.2, -0.15) is 0 Å². The lowest BCUT2D eigenvalue weighted by Crippen LogP contribution is -2.25. The fraction of sp³-hybridized carbons (Fsp3) is 0.300. The zero-order valence-electron chi connectivity index (χ0n) is 15.5. The normalized spacial score (nSPS) is 19.3. The van der Waals surface area contributed by atoms with Crippen LogP contribution in [0, 0.1) is 11.7 Å². The molecule has 2 N–H and O–H groups in total. The quantitative estimate of drug-likeness (QED) is 0.437. The summed E-state index contributed by atoms with van der Waals surface area (Å²) in [4.78, 5) is 25.2. The van der Waals surface area contributed by atoms with Gasteiger partial charge in [0.2, 0.25) is 5.91 Å². The predicted molar refractivity (Wildman–Crippen MR) is 120 cm³/mol. The number of nitrogens with one attached hydrogen (secondary N) is 2. The summed E-state index contributed by atoms with van der Waals surface area (Å²) < 4.78 is 12.0. The molecule has 0 saturated heterocycles. The van der Waals surface area contributed by atoms with Crippen molar-refractivity contribution >= 4 is 75.5 Å². The molecule has 0 heterocycles. The minimum absolute atomic E-state index is 0.00113. The molecule has 2 aromatic carbocycles. The van der Waals surface area contributed by atoms with Crippen LogP contribution in [-0.4, -0.2) is 22.7 Å². The third kappa shape index (κ3) is 4.51. The summed E-state index contributed by atoms with van der Waals surface area (Å²) >= 11 is 30.9. The molecule has 0 radical (unpaired) electrons. The van der Waals surface area contributed by atoms with Crippen LogP contribution in [0.4, 0.5) is 10.1 Å². The third-order valence-corrected chi connectivity index (χ3v) is 6.69. The van der Waals surface area contributed by atoms with Gasteiger partial charge in [0, 0.05) is 12.5 Å². The molecule has 2 amide bonds. The highest BCUT2D eigenvalue weighted by Gasteiger charge is 2.67. The number of carbonyl (C=O) groups excluding carboxylic acids is 2. The van der Waals surface area contributed by atoms with E-state index in [0.717, 1.165) is 6.42 Å². The van der Waals surface area contributed by atoms with E-state index < -0.39 is 33.8 Å². The fourth-order valence-electron chi connectivity index (χ4n) is 3.17. The highest BCUT2D eigenvalue weighted by Crippen LogP contribution is 2.65. The summed E-state index contributed by atoms with van der Waals surface area (Å²) in [7, 11) is 0. The number of anilines is 1. The lowest BCUT2D eigenvalue weighted by molar-refractivity contribution is -0.117. The van der Waals surface area contributed by atoms with Gasteiger partial charge in [-0.25, -0.2) is 4.39 Å². The molecule has 30 heavy (non-hydrogen) atoms. The van der Waals surface area contributed by atoms with Crippen LogP contribution < -0.4 is 10.6 Å². The van der Waals surface area contributed by atoms with Crippen molar-refractivity contribution in [2.45, 2.75) is 23.6 Å². The van der Waals surface area contributed by atoms with Crippen LogP contribution >= 0.6 is 58.0 Å². The summed E-state index contributed by atoms with van der Waals surface area (Å²) in [6, 6.07) is 6.99. The molecule has 0 aromatic heterocycles. The maximum absolute atomic E-state index is 13.4. The van der Waals surface area contributed by atoms with Crippen molar-refractivity contribution in [1.29, 1.82) is 0 Å². The second-order valence-corrected chi connectivity index (χ2v) is 9.47. The third-order valence-electron chi connectivity index (χ3n) is 4.75. The van der Waals surface area contributed by atoms with Crippen LogP contribution in [-0.2, 0) is 4.79 Å². The molecule has 2 unspecified atom stereocenters. The van der Waals surface area contributed by atoms with Crippen LogP contribution in [0.2, 0.25) is 15.1 Å². The largest absolute Gasteiger partial charge is 0.352 e. The number of alkyl halides is 2. The average Bonchev–Trinajstić information content (AvgIpc) is 3.26. The molecular weight excluding hydrogens is 496 g/mol. The van der Waals surface area contributed by atoms with Crippen molar-refractivity contribution in [3.05, 3.63) is 62.3 Å². The maximum Gasteiger partial charge on any atom is 0.254 e. The van der Waals surface area contributed by atoms with Gasteiger partial charge in [-0.3, -0.25) is 9.59 Å². The van der Waals surface area contributed by atoms with Gasteiger partial charge in [-0.1, -0.05) is 47.8 Å². The van der Waals surface area contributed by atoms with Gasteiger partial charge in [-0.05, 0) is 36.2 Å². The molecule has 1 fully saturated rings. The molecule has 0 aliphatic heterocycles. The van der Waals surface area contributed by atoms with Crippen molar-refractivity contribution in [3.63, 3.8) is 0 Å². The molecule has 0 spiro atoms. The molecule has 160 valence electrons. The first kappa shape index (κ1) is 23.4. The lowest BCUT2D eigenvalue weighted by atomic mass is 10.1. The minimum atomic E-state index is -1.40. The number of carbonyl (C=O) groups is 2. The summed E-state index contributed by atoms with van der Waals surface area (Å²) in [5.74, 6) is -2.95. The molecule has 3 rings (SSSR count). The topological polar surface area (TPSA) is 58.2 Å². The molecule has 10 heteroatoms. The minimum Gasteiger partial charge on any atom is -0.352 e. The smallest absolute Gasteiger partial charge is 0.254 e. The highest BCUT2D eigenvalue weighted by atomic mass is 35.5. The van der Waals surface area contributed by atoms with Crippen LogP contribution in [0.15, 0.2) is 30.3 Å². The monoisotopic (exact) mass is 510 g/mol. The zero-order chi connectivity index (χ0) is 22.2. The van der Waals surface area contributed by atoms with Crippen molar-refractivity contribution in [1.82, 2.24) is 5.32 Å². The molecule has 1 saturated carbocycles. The SMILES string of the molecule is CCCNC(=O)c1c(Cl)ccc(NC(=O)C2C(c3ccc(F)c(Cl)c3)C2(Cl)Cl)c1Cl. The Balaban J connectivity index is 1.82. The van der Waals surface area contributed by atoms with E-state index in [1.54, 1.807) is 0 Å². The lowest BCUT2D eigenvalue weighted by Gasteiger charge is -2.13. The molecule has 0 bridgehead atoms. The number of hydrogen-bond acceptors (Lipinski definition) is 2. The summed E-state index contributed by atoms with van der Waals surface area (Å²) in [5.41, 5.74) is 0.790. The summed E-state index contributed by atoms with van der Waals surface area (Å²) in [6.45, 7) is 2.36. The Morgan fingerprint density at radius 3 is 2.43 bits per heavy atom. The van der Waals surface area contributed by atoms with Gasteiger partial charge < -0.3 is 10.6 Å². The Hall–Kier alpha value is -1.24. The Labute approximate surface area is 198 Å². The van der Waals surface area contributed by atoms with E-state index in [1.165, 1.54) is 30.3 Å². The van der Waals surface area contributed by atoms with Gasteiger partial charge >= 0.3 is 0 Å². The Morgan fingerprint density at radius 2 is 1.80 bits per heavy atom. The standard InChI is InChI=1S/C20H16Cl5FN2O2/c1-2-7-27-18(29)14-10(21)4-6-13(17(14)23)28-19(30)16-15(20(16,24)25)9-3-5-12(26)11(22)8-9/h3-6,8,15-16H,2,7H2,1H3,(H,27,29)(H,28,30). The molecule has 1 aliphatic rings. The molecule has 4 nitrogen and oxygen atoms in total. The highest BCUT2D eigenvalue weighted by molar-refractivity contribution is 6.53. The van der Waals surface area contributed by atoms with Crippen molar-refractivity contribution in [2.24, 2.45) is 5.92 Å². The molecular formula is C20H16Cl5FN2O2.